The van der Waals surface area contributed by atoms with Crippen LogP contribution in [0.2, 0.25) is 0 Å². The first-order valence-electron chi connectivity index (χ1n) is 23.3. The van der Waals surface area contributed by atoms with Gasteiger partial charge in [-0.05, 0) is 100 Å². The zero-order valence-corrected chi connectivity index (χ0v) is 36.0. The van der Waals surface area contributed by atoms with Gasteiger partial charge in [0.1, 0.15) is 23.3 Å². The van der Waals surface area contributed by atoms with Crippen molar-refractivity contribution in [3.05, 3.63) is 35.4 Å². The van der Waals surface area contributed by atoms with E-state index in [4.69, 9.17) is 19.8 Å². The number of aliphatic carboxylic acids is 2. The van der Waals surface area contributed by atoms with Gasteiger partial charge in [-0.3, -0.25) is 19.2 Å². The highest BCUT2D eigenvalue weighted by molar-refractivity contribution is 6.00. The Balaban J connectivity index is 0.000000184. The number of piperidine rings is 2. The number of nitrogens with zero attached hydrogens (tertiary/aromatic N) is 6. The van der Waals surface area contributed by atoms with Crippen LogP contribution in [0.25, 0.3) is 0 Å². The Morgan fingerprint density at radius 3 is 1.36 bits per heavy atom. The second-order valence-corrected chi connectivity index (χ2v) is 18.1. The maximum Gasteiger partial charge on any atom is 0.303 e. The van der Waals surface area contributed by atoms with Gasteiger partial charge in [0.2, 0.25) is 0 Å². The standard InChI is InChI=1S/C23H34N4O4.C23H34N4O3/c28-21(29)15-17-5-4-10-27(16-17)20-9-8-19(22(25-20)26-11-13-31-14-12-26)23(30)24-18-6-2-1-3-7-18;28-21(29)15-17-7-6-14-27(16-17)20-11-10-19(22(25-20)26-12-4-5-13-26)23(30)24-18-8-2-1-3-9-18/h8-9,17-18H,1-7,10-16H2,(H,24,30)(H,28,29);10-11,17-18H,1-9,12-16H2,(H,24,30)(H,28,29)/t2*17-/m00/s1. The van der Waals surface area contributed by atoms with Crippen molar-refractivity contribution in [2.45, 2.75) is 128 Å². The normalized spacial score (nSPS) is 22.9. The van der Waals surface area contributed by atoms with Crippen molar-refractivity contribution in [3.8, 4) is 0 Å². The number of nitrogens with one attached hydrogen (secondary N) is 2. The fraction of sp³-hybridized carbons (Fsp3) is 0.696. The molecule has 0 aromatic carbocycles. The smallest absolute Gasteiger partial charge is 0.303 e. The number of aromatic nitrogens is 2. The molecule has 4 N–H and O–H groups in total. The van der Waals surface area contributed by atoms with Crippen LogP contribution in [0.4, 0.5) is 23.3 Å². The third kappa shape index (κ3) is 12.5. The quantitative estimate of drug-likeness (QED) is 0.193. The summed E-state index contributed by atoms with van der Waals surface area (Å²) in [4.78, 5) is 67.2. The van der Waals surface area contributed by atoms with Gasteiger partial charge in [0.25, 0.3) is 11.8 Å². The van der Waals surface area contributed by atoms with Gasteiger partial charge < -0.3 is 45.2 Å². The van der Waals surface area contributed by atoms with Crippen LogP contribution in [0.3, 0.4) is 0 Å². The molecule has 6 fully saturated rings. The minimum atomic E-state index is -0.747. The number of rotatable bonds is 12. The first-order chi connectivity index (χ1) is 29.7. The first kappa shape index (κ1) is 44.4. The van der Waals surface area contributed by atoms with Crippen molar-refractivity contribution in [2.75, 3.05) is 85.2 Å². The minimum Gasteiger partial charge on any atom is -0.481 e. The lowest BCUT2D eigenvalue weighted by Crippen LogP contribution is -2.41. The summed E-state index contributed by atoms with van der Waals surface area (Å²) in [5.41, 5.74) is 1.29. The van der Waals surface area contributed by atoms with Crippen molar-refractivity contribution >= 4 is 47.0 Å². The number of carbonyl (C=O) groups is 4. The average Bonchev–Trinajstić information content (AvgIpc) is 3.82. The Labute approximate surface area is 361 Å². The second-order valence-electron chi connectivity index (χ2n) is 18.1. The van der Waals surface area contributed by atoms with Crippen LogP contribution in [-0.2, 0) is 14.3 Å². The molecule has 0 spiro atoms. The predicted octanol–water partition coefficient (Wildman–Crippen LogP) is 6.11. The molecule has 0 radical (unpaired) electrons. The topological polar surface area (TPSA) is 181 Å². The number of carboxylic acids is 2. The van der Waals surface area contributed by atoms with E-state index in [1.165, 1.54) is 38.5 Å². The molecule has 15 heteroatoms. The number of carbonyl (C=O) groups excluding carboxylic acids is 2. The zero-order valence-electron chi connectivity index (χ0n) is 36.0. The van der Waals surface area contributed by atoms with E-state index in [1.807, 2.05) is 24.3 Å². The molecule has 4 aliphatic heterocycles. The maximum absolute atomic E-state index is 13.1. The molecule has 6 heterocycles. The third-order valence-corrected chi connectivity index (χ3v) is 13.4. The van der Waals surface area contributed by atoms with Gasteiger partial charge in [0, 0.05) is 77.3 Å². The molecule has 2 aromatic heterocycles. The summed E-state index contributed by atoms with van der Waals surface area (Å²) in [7, 11) is 0. The van der Waals surface area contributed by atoms with Crippen molar-refractivity contribution < 1.29 is 34.1 Å². The minimum absolute atomic E-state index is 0.00903. The fourth-order valence-electron chi connectivity index (χ4n) is 10.2. The van der Waals surface area contributed by atoms with Gasteiger partial charge in [0.15, 0.2) is 0 Å². The molecule has 15 nitrogen and oxygen atoms in total. The van der Waals surface area contributed by atoms with Gasteiger partial charge in [-0.2, -0.15) is 0 Å². The van der Waals surface area contributed by atoms with Crippen molar-refractivity contribution in [1.82, 2.24) is 20.6 Å². The first-order valence-corrected chi connectivity index (χ1v) is 23.3. The molecule has 2 atom stereocenters. The van der Waals surface area contributed by atoms with Gasteiger partial charge >= 0.3 is 11.9 Å². The van der Waals surface area contributed by atoms with Crippen LogP contribution >= 0.6 is 0 Å². The molecule has 6 aliphatic rings. The molecule has 0 bridgehead atoms. The molecule has 2 amide bonds. The number of carboxylic acid groups (broad SMARTS) is 2. The lowest BCUT2D eigenvalue weighted by atomic mass is 9.95. The van der Waals surface area contributed by atoms with Gasteiger partial charge in [-0.1, -0.05) is 38.5 Å². The third-order valence-electron chi connectivity index (χ3n) is 13.4. The number of pyridine rings is 2. The van der Waals surface area contributed by atoms with Gasteiger partial charge in [0.05, 0.1) is 24.3 Å². The lowest BCUT2D eigenvalue weighted by molar-refractivity contribution is -0.139. The summed E-state index contributed by atoms with van der Waals surface area (Å²) < 4.78 is 5.50. The lowest BCUT2D eigenvalue weighted by Gasteiger charge is -2.35. The monoisotopic (exact) mass is 845 g/mol. The second kappa shape index (κ2) is 21.9. The highest BCUT2D eigenvalue weighted by atomic mass is 16.5. The van der Waals surface area contributed by atoms with E-state index < -0.39 is 11.9 Å². The molecule has 2 aliphatic carbocycles. The van der Waals surface area contributed by atoms with E-state index in [0.29, 0.717) is 50.5 Å². The van der Waals surface area contributed by atoms with Crippen LogP contribution in [0, 0.1) is 11.8 Å². The fourth-order valence-corrected chi connectivity index (χ4v) is 10.2. The molecule has 61 heavy (non-hydrogen) atoms. The molecular weight excluding hydrogens is 777 g/mol. The van der Waals surface area contributed by atoms with Crippen LogP contribution < -0.4 is 30.2 Å². The van der Waals surface area contributed by atoms with E-state index in [9.17, 15) is 24.3 Å². The molecule has 2 saturated carbocycles. The summed E-state index contributed by atoms with van der Waals surface area (Å²) >= 11 is 0. The largest absolute Gasteiger partial charge is 0.481 e. The number of anilines is 4. The summed E-state index contributed by atoms with van der Waals surface area (Å²) in [5.74, 6) is 1.95. The van der Waals surface area contributed by atoms with Crippen LogP contribution in [0.5, 0.6) is 0 Å². The number of hydrogen-bond acceptors (Lipinski definition) is 11. The number of ether oxygens (including phenoxy) is 1. The molecule has 0 unspecified atom stereocenters. The zero-order chi connectivity index (χ0) is 42.6. The molecule has 334 valence electrons. The SMILES string of the molecule is O=C(O)C[C@@H]1CCCN(c2ccc(C(=O)NC3CCCCC3)c(N3CCCC3)n2)C1.O=C(O)C[C@@H]1CCCN(c2ccc(C(=O)NC3CCCCC3)c(N3CCOCC3)n2)C1. The van der Waals surface area contributed by atoms with E-state index in [-0.39, 0.29) is 48.6 Å². The molecule has 8 rings (SSSR count). The van der Waals surface area contributed by atoms with E-state index in [0.717, 1.165) is 114 Å². The highest BCUT2D eigenvalue weighted by Gasteiger charge is 2.29. The number of morpholine rings is 1. The van der Waals surface area contributed by atoms with Gasteiger partial charge in [-0.25, -0.2) is 9.97 Å². The van der Waals surface area contributed by atoms with Crippen LogP contribution in [0.15, 0.2) is 24.3 Å². The number of hydrogen-bond donors (Lipinski definition) is 4. The summed E-state index contributed by atoms with van der Waals surface area (Å²) in [6, 6.07) is 8.20. The van der Waals surface area contributed by atoms with Crippen molar-refractivity contribution in [3.63, 3.8) is 0 Å². The predicted molar refractivity (Wildman–Crippen MR) is 236 cm³/mol. The van der Waals surface area contributed by atoms with E-state index >= 15 is 0 Å². The molecule has 2 aromatic rings. The van der Waals surface area contributed by atoms with E-state index in [2.05, 4.69) is 30.2 Å². The molecule has 4 saturated heterocycles. The Morgan fingerprint density at radius 1 is 0.525 bits per heavy atom. The van der Waals surface area contributed by atoms with Crippen molar-refractivity contribution in [2.24, 2.45) is 11.8 Å². The van der Waals surface area contributed by atoms with E-state index in [1.54, 1.807) is 0 Å². The number of amides is 2. The van der Waals surface area contributed by atoms with Gasteiger partial charge in [-0.15, -0.1) is 0 Å². The van der Waals surface area contributed by atoms with Crippen LogP contribution in [0.1, 0.15) is 136 Å². The summed E-state index contributed by atoms with van der Waals surface area (Å²) in [6.07, 6.45) is 17.9. The Hall–Kier alpha value is -4.66. The summed E-state index contributed by atoms with van der Waals surface area (Å²) in [5, 5.41) is 24.8. The Kier molecular flexibility index (Phi) is 16.0. The average molecular weight is 845 g/mol. The van der Waals surface area contributed by atoms with Crippen molar-refractivity contribution in [1.29, 1.82) is 0 Å². The maximum atomic E-state index is 13.1. The Morgan fingerprint density at radius 2 is 0.934 bits per heavy atom. The summed E-state index contributed by atoms with van der Waals surface area (Å²) in [6.45, 7) is 7.68. The molecular formula is C46H68N8O7. The Bertz CT molecular complexity index is 1790. The van der Waals surface area contributed by atoms with Crippen LogP contribution in [-0.4, -0.2) is 122 Å². The highest BCUT2D eigenvalue weighted by Crippen LogP contribution is 2.31.